The number of carbonyl (C=O) groups is 2. The summed E-state index contributed by atoms with van der Waals surface area (Å²) >= 11 is 6.09. The molecule has 7 nitrogen and oxygen atoms in total. The summed E-state index contributed by atoms with van der Waals surface area (Å²) in [6.07, 6.45) is -1.88. The normalized spacial score (nSPS) is 15.1. The smallest absolute Gasteiger partial charge is 0.410 e. The van der Waals surface area contributed by atoms with E-state index >= 15 is 0 Å². The third-order valence-corrected chi connectivity index (χ3v) is 4.51. The van der Waals surface area contributed by atoms with Crippen LogP contribution in [0.4, 0.5) is 4.79 Å². The van der Waals surface area contributed by atoms with E-state index in [1.807, 2.05) is 0 Å². The number of ether oxygens (including phenoxy) is 3. The van der Waals surface area contributed by atoms with Crippen molar-refractivity contribution in [2.45, 2.75) is 38.6 Å². The van der Waals surface area contributed by atoms with Crippen molar-refractivity contribution in [3.8, 4) is 11.5 Å². The van der Waals surface area contributed by atoms with Gasteiger partial charge in [-0.05, 0) is 32.9 Å². The number of likely N-dealkylation sites (tertiary alicyclic amines) is 1. The van der Waals surface area contributed by atoms with E-state index in [0.29, 0.717) is 29.4 Å². The highest BCUT2D eigenvalue weighted by Crippen LogP contribution is 2.35. The molecule has 1 aliphatic heterocycles. The Morgan fingerprint density at radius 1 is 1.10 bits per heavy atom. The average molecular weight is 434 g/mol. The van der Waals surface area contributed by atoms with E-state index < -0.39 is 23.8 Å². The van der Waals surface area contributed by atoms with Crippen LogP contribution in [0.5, 0.6) is 11.5 Å². The number of amides is 1. The summed E-state index contributed by atoms with van der Waals surface area (Å²) in [6, 6.07) is 13.4. The van der Waals surface area contributed by atoms with Gasteiger partial charge in [0.05, 0.1) is 13.1 Å². The summed E-state index contributed by atoms with van der Waals surface area (Å²) < 4.78 is 17.0. The van der Waals surface area contributed by atoms with Crippen molar-refractivity contribution in [3.05, 3.63) is 59.1 Å². The number of aliphatic carboxylic acids is 1. The Kier molecular flexibility index (Phi) is 6.41. The molecule has 2 aromatic carbocycles. The molecule has 0 saturated carbocycles. The molecule has 2 aromatic rings. The lowest BCUT2D eigenvalue weighted by Crippen LogP contribution is -2.57. The molecule has 1 unspecified atom stereocenters. The number of carboxylic acids is 1. The van der Waals surface area contributed by atoms with E-state index in [1.54, 1.807) is 69.3 Å². The van der Waals surface area contributed by atoms with Crippen molar-refractivity contribution in [2.75, 3.05) is 13.1 Å². The second-order valence-electron chi connectivity index (χ2n) is 7.96. The molecule has 160 valence electrons. The van der Waals surface area contributed by atoms with E-state index in [2.05, 4.69) is 0 Å². The molecular weight excluding hydrogens is 410 g/mol. The first-order chi connectivity index (χ1) is 14.1. The van der Waals surface area contributed by atoms with Gasteiger partial charge in [0.2, 0.25) is 6.10 Å². The Labute approximate surface area is 180 Å². The molecule has 1 fully saturated rings. The van der Waals surface area contributed by atoms with Gasteiger partial charge in [0.15, 0.2) is 11.5 Å². The molecule has 0 bridgehead atoms. The minimum atomic E-state index is -1.20. The Balaban J connectivity index is 1.69. The second kappa shape index (κ2) is 8.83. The standard InChI is InChI=1S/C22H24ClNO6/c1-22(2,3)30-21(27)24-12-16(13-24)28-18-11-15(23)9-10-17(18)29-19(20(25)26)14-7-5-4-6-8-14/h4-11,16,19H,12-13H2,1-3H3,(H,25,26). The minimum absolute atomic E-state index is 0.256. The zero-order valence-electron chi connectivity index (χ0n) is 17.0. The largest absolute Gasteiger partial charge is 0.483 e. The molecule has 1 N–H and O–H groups in total. The predicted molar refractivity (Wildman–Crippen MR) is 111 cm³/mol. The van der Waals surface area contributed by atoms with Crippen LogP contribution < -0.4 is 9.47 Å². The third kappa shape index (κ3) is 5.57. The van der Waals surface area contributed by atoms with Crippen LogP contribution in [-0.4, -0.2) is 46.9 Å². The summed E-state index contributed by atoms with van der Waals surface area (Å²) in [6.45, 7) is 6.11. The quantitative estimate of drug-likeness (QED) is 0.719. The molecule has 0 spiro atoms. The summed E-state index contributed by atoms with van der Waals surface area (Å²) in [7, 11) is 0. The molecule has 0 radical (unpaired) electrons. The molecule has 8 heteroatoms. The Morgan fingerprint density at radius 2 is 1.77 bits per heavy atom. The highest BCUT2D eigenvalue weighted by Gasteiger charge is 2.36. The van der Waals surface area contributed by atoms with Crippen LogP contribution in [0.2, 0.25) is 5.02 Å². The Bertz CT molecular complexity index is 906. The molecule has 0 aromatic heterocycles. The fourth-order valence-corrected chi connectivity index (χ4v) is 3.02. The third-order valence-electron chi connectivity index (χ3n) is 4.27. The van der Waals surface area contributed by atoms with E-state index in [0.717, 1.165) is 0 Å². The van der Waals surface area contributed by atoms with Gasteiger partial charge >= 0.3 is 12.1 Å². The minimum Gasteiger partial charge on any atom is -0.483 e. The zero-order chi connectivity index (χ0) is 21.9. The average Bonchev–Trinajstić information content (AvgIpc) is 2.62. The van der Waals surface area contributed by atoms with Gasteiger partial charge in [0.25, 0.3) is 0 Å². The lowest BCUT2D eigenvalue weighted by Gasteiger charge is -2.39. The first-order valence-electron chi connectivity index (χ1n) is 9.51. The van der Waals surface area contributed by atoms with Gasteiger partial charge < -0.3 is 24.2 Å². The topological polar surface area (TPSA) is 85.3 Å². The van der Waals surface area contributed by atoms with E-state index in [9.17, 15) is 14.7 Å². The van der Waals surface area contributed by atoms with Crippen LogP contribution in [0.25, 0.3) is 0 Å². The predicted octanol–water partition coefficient (Wildman–Crippen LogP) is 4.54. The molecule has 1 heterocycles. The molecular formula is C22H24ClNO6. The fraction of sp³-hybridized carbons (Fsp3) is 0.364. The van der Waals surface area contributed by atoms with Crippen LogP contribution in [0, 0.1) is 0 Å². The van der Waals surface area contributed by atoms with Crippen molar-refractivity contribution in [3.63, 3.8) is 0 Å². The molecule has 30 heavy (non-hydrogen) atoms. The molecule has 1 atom stereocenters. The summed E-state index contributed by atoms with van der Waals surface area (Å²) in [5, 5.41) is 10.0. The number of carbonyl (C=O) groups excluding carboxylic acids is 1. The van der Waals surface area contributed by atoms with Crippen molar-refractivity contribution in [2.24, 2.45) is 0 Å². The van der Waals surface area contributed by atoms with Gasteiger partial charge in [-0.25, -0.2) is 9.59 Å². The highest BCUT2D eigenvalue weighted by molar-refractivity contribution is 6.30. The lowest BCUT2D eigenvalue weighted by molar-refractivity contribution is -0.145. The molecule has 1 aliphatic rings. The van der Waals surface area contributed by atoms with E-state index in [4.69, 9.17) is 25.8 Å². The van der Waals surface area contributed by atoms with Gasteiger partial charge in [0, 0.05) is 16.7 Å². The maximum Gasteiger partial charge on any atom is 0.410 e. The van der Waals surface area contributed by atoms with Crippen LogP contribution in [0.15, 0.2) is 48.5 Å². The molecule has 1 saturated heterocycles. The highest BCUT2D eigenvalue weighted by atomic mass is 35.5. The van der Waals surface area contributed by atoms with Crippen molar-refractivity contribution in [1.29, 1.82) is 0 Å². The number of hydrogen-bond donors (Lipinski definition) is 1. The fourth-order valence-electron chi connectivity index (χ4n) is 2.85. The van der Waals surface area contributed by atoms with Gasteiger partial charge in [-0.1, -0.05) is 41.9 Å². The van der Waals surface area contributed by atoms with Gasteiger partial charge in [-0.15, -0.1) is 0 Å². The van der Waals surface area contributed by atoms with Crippen LogP contribution in [0.1, 0.15) is 32.4 Å². The van der Waals surface area contributed by atoms with E-state index in [-0.39, 0.29) is 11.9 Å². The maximum absolute atomic E-state index is 12.1. The lowest BCUT2D eigenvalue weighted by atomic mass is 10.1. The van der Waals surface area contributed by atoms with Crippen LogP contribution in [-0.2, 0) is 9.53 Å². The summed E-state index contributed by atoms with van der Waals surface area (Å²) in [5.41, 5.74) is -0.0639. The SMILES string of the molecule is CC(C)(C)OC(=O)N1CC(Oc2cc(Cl)ccc2OC(C(=O)O)c2ccccc2)C1. The maximum atomic E-state index is 12.1. The number of rotatable bonds is 6. The number of hydrogen-bond acceptors (Lipinski definition) is 5. The number of halogens is 1. The van der Waals surface area contributed by atoms with Crippen molar-refractivity contribution < 1.29 is 28.9 Å². The van der Waals surface area contributed by atoms with E-state index in [1.165, 1.54) is 4.90 Å². The Morgan fingerprint density at radius 3 is 2.37 bits per heavy atom. The number of carboxylic acid groups (broad SMARTS) is 1. The first-order valence-corrected chi connectivity index (χ1v) is 9.89. The Hall–Kier alpha value is -2.93. The van der Waals surface area contributed by atoms with Crippen LogP contribution in [0.3, 0.4) is 0 Å². The summed E-state index contributed by atoms with van der Waals surface area (Å²) in [4.78, 5) is 25.4. The molecule has 0 aliphatic carbocycles. The van der Waals surface area contributed by atoms with Gasteiger partial charge in [0.1, 0.15) is 11.7 Å². The van der Waals surface area contributed by atoms with Crippen molar-refractivity contribution >= 4 is 23.7 Å². The second-order valence-corrected chi connectivity index (χ2v) is 8.40. The summed E-state index contributed by atoms with van der Waals surface area (Å²) in [5.74, 6) is -0.549. The zero-order valence-corrected chi connectivity index (χ0v) is 17.8. The monoisotopic (exact) mass is 433 g/mol. The number of nitrogens with zero attached hydrogens (tertiary/aromatic N) is 1. The molecule has 1 amide bonds. The van der Waals surface area contributed by atoms with Crippen molar-refractivity contribution in [1.82, 2.24) is 4.90 Å². The number of benzene rings is 2. The van der Waals surface area contributed by atoms with Gasteiger partial charge in [-0.2, -0.15) is 0 Å². The first kappa shape index (κ1) is 21.8. The molecule has 3 rings (SSSR count). The van der Waals surface area contributed by atoms with Gasteiger partial charge in [-0.3, -0.25) is 0 Å². The van der Waals surface area contributed by atoms with Crippen LogP contribution >= 0.6 is 11.6 Å².